The molecule has 6 heteroatoms. The van der Waals surface area contributed by atoms with E-state index in [9.17, 15) is 9.59 Å². The zero-order valence-electron chi connectivity index (χ0n) is 11.9. The number of carbonyl (C=O) groups is 2. The van der Waals surface area contributed by atoms with E-state index in [1.807, 2.05) is 25.1 Å². The average Bonchev–Trinajstić information content (AvgIpc) is 2.72. The molecule has 0 atom stereocenters. The lowest BCUT2D eigenvalue weighted by molar-refractivity contribution is -0.122. The van der Waals surface area contributed by atoms with Crippen molar-refractivity contribution in [1.82, 2.24) is 4.90 Å². The molecule has 0 radical (unpaired) electrons. The highest BCUT2D eigenvalue weighted by Crippen LogP contribution is 2.34. The van der Waals surface area contributed by atoms with E-state index >= 15 is 0 Å². The molecule has 2 amide bonds. The lowest BCUT2D eigenvalue weighted by atomic mass is 10.2. The van der Waals surface area contributed by atoms with Crippen LogP contribution in [0, 0.1) is 0 Å². The summed E-state index contributed by atoms with van der Waals surface area (Å²) in [6.07, 6.45) is 2.62. The van der Waals surface area contributed by atoms with E-state index in [1.54, 1.807) is 13.0 Å². The minimum Gasteiger partial charge on any atom is -0.493 e. The zero-order chi connectivity index (χ0) is 15.4. The van der Waals surface area contributed by atoms with Crippen LogP contribution in [-0.2, 0) is 4.79 Å². The maximum atomic E-state index is 12.1. The normalized spacial score (nSPS) is 16.9. The van der Waals surface area contributed by atoms with Gasteiger partial charge in [-0.3, -0.25) is 14.5 Å². The Hall–Kier alpha value is -1.27. The van der Waals surface area contributed by atoms with Crippen molar-refractivity contribution in [3.63, 3.8) is 0 Å². The smallest absolute Gasteiger partial charge is 0.293 e. The van der Waals surface area contributed by atoms with Gasteiger partial charge >= 0.3 is 0 Å². The molecule has 0 aromatic heterocycles. The van der Waals surface area contributed by atoms with E-state index in [-0.39, 0.29) is 11.1 Å². The number of halogens is 1. The number of ether oxygens (including phenoxy) is 1. The van der Waals surface area contributed by atoms with Crippen LogP contribution >= 0.6 is 27.7 Å². The van der Waals surface area contributed by atoms with E-state index in [2.05, 4.69) is 15.9 Å². The number of carbonyl (C=O) groups excluding carboxylic acids is 2. The van der Waals surface area contributed by atoms with E-state index in [1.165, 1.54) is 4.90 Å². The Kier molecular flexibility index (Phi) is 5.47. The van der Waals surface area contributed by atoms with Gasteiger partial charge in [0.1, 0.15) is 5.75 Å². The number of hydrogen-bond donors (Lipinski definition) is 0. The van der Waals surface area contributed by atoms with Gasteiger partial charge in [-0.25, -0.2) is 0 Å². The number of hydrogen-bond acceptors (Lipinski definition) is 4. The van der Waals surface area contributed by atoms with Crippen molar-refractivity contribution in [3.8, 4) is 5.75 Å². The third kappa shape index (κ3) is 3.68. The molecule has 1 aromatic rings. The van der Waals surface area contributed by atoms with Crippen molar-refractivity contribution >= 4 is 44.9 Å². The van der Waals surface area contributed by atoms with Gasteiger partial charge in [0.15, 0.2) is 0 Å². The van der Waals surface area contributed by atoms with Crippen LogP contribution in [0.2, 0.25) is 0 Å². The van der Waals surface area contributed by atoms with Gasteiger partial charge in [-0.1, -0.05) is 22.9 Å². The molecule has 4 nitrogen and oxygen atoms in total. The summed E-state index contributed by atoms with van der Waals surface area (Å²) in [5, 5.41) is -0.222. The number of nitrogens with zero attached hydrogens (tertiary/aromatic N) is 1. The van der Waals surface area contributed by atoms with E-state index in [0.29, 0.717) is 23.8 Å². The maximum absolute atomic E-state index is 12.1. The van der Waals surface area contributed by atoms with Gasteiger partial charge in [0, 0.05) is 16.6 Å². The second-order valence-electron chi connectivity index (χ2n) is 4.46. The summed E-state index contributed by atoms with van der Waals surface area (Å²) in [6.45, 7) is 4.82. The van der Waals surface area contributed by atoms with E-state index in [4.69, 9.17) is 4.74 Å². The molecule has 1 aliphatic heterocycles. The van der Waals surface area contributed by atoms with Gasteiger partial charge in [0.25, 0.3) is 11.1 Å². The molecule has 1 saturated heterocycles. The molecule has 0 N–H and O–H groups in total. The van der Waals surface area contributed by atoms with E-state index in [0.717, 1.165) is 28.2 Å². The zero-order valence-corrected chi connectivity index (χ0v) is 14.3. The Morgan fingerprint density at radius 3 is 2.71 bits per heavy atom. The van der Waals surface area contributed by atoms with Crippen LogP contribution in [-0.4, -0.2) is 29.2 Å². The number of imide groups is 1. The Labute approximate surface area is 136 Å². The highest BCUT2D eigenvalue weighted by Gasteiger charge is 2.33. The number of thioether (sulfide) groups is 1. The number of rotatable bonds is 5. The largest absolute Gasteiger partial charge is 0.493 e. The molecule has 1 heterocycles. The van der Waals surface area contributed by atoms with Crippen LogP contribution < -0.4 is 4.74 Å². The number of amides is 2. The second-order valence-corrected chi connectivity index (χ2v) is 6.37. The third-order valence-electron chi connectivity index (χ3n) is 2.91. The highest BCUT2D eigenvalue weighted by molar-refractivity contribution is 9.10. The minimum absolute atomic E-state index is 0.222. The third-order valence-corrected chi connectivity index (χ3v) is 4.31. The fourth-order valence-corrected chi connectivity index (χ4v) is 3.16. The molecular formula is C15H16BrNO3S. The molecule has 0 bridgehead atoms. The van der Waals surface area contributed by atoms with Crippen molar-refractivity contribution < 1.29 is 14.3 Å². The first-order chi connectivity index (χ1) is 10.1. The van der Waals surface area contributed by atoms with Crippen LogP contribution in [0.15, 0.2) is 27.6 Å². The van der Waals surface area contributed by atoms with Gasteiger partial charge in [0.2, 0.25) is 0 Å². The van der Waals surface area contributed by atoms with Gasteiger partial charge in [-0.05, 0) is 49.4 Å². The first-order valence-corrected chi connectivity index (χ1v) is 8.35. The molecule has 1 aromatic carbocycles. The predicted molar refractivity (Wildman–Crippen MR) is 88.3 cm³/mol. The van der Waals surface area contributed by atoms with Crippen LogP contribution in [0.4, 0.5) is 4.79 Å². The SMILES string of the molecule is CCCOc1ccc(Br)cc1/C=C1/SC(=O)N(CC)C1=O. The van der Waals surface area contributed by atoms with Crippen LogP contribution in [0.5, 0.6) is 5.75 Å². The van der Waals surface area contributed by atoms with Crippen LogP contribution in [0.25, 0.3) is 6.08 Å². The molecule has 2 rings (SSSR count). The van der Waals surface area contributed by atoms with Crippen LogP contribution in [0.3, 0.4) is 0 Å². The Bertz CT molecular complexity index is 601. The topological polar surface area (TPSA) is 46.6 Å². The summed E-state index contributed by atoms with van der Waals surface area (Å²) in [6, 6.07) is 5.63. The number of likely N-dealkylation sites (N-methyl/N-ethyl adjacent to an activating group) is 1. The maximum Gasteiger partial charge on any atom is 0.293 e. The summed E-state index contributed by atoms with van der Waals surface area (Å²) in [7, 11) is 0. The van der Waals surface area contributed by atoms with Gasteiger partial charge in [0.05, 0.1) is 11.5 Å². The molecule has 0 unspecified atom stereocenters. The molecular weight excluding hydrogens is 354 g/mol. The lowest BCUT2D eigenvalue weighted by Gasteiger charge is -2.09. The Morgan fingerprint density at radius 2 is 2.10 bits per heavy atom. The summed E-state index contributed by atoms with van der Waals surface area (Å²) in [5.74, 6) is 0.470. The summed E-state index contributed by atoms with van der Waals surface area (Å²) in [5.41, 5.74) is 0.791. The van der Waals surface area contributed by atoms with Crippen molar-refractivity contribution in [2.75, 3.05) is 13.2 Å². The molecule has 1 aliphatic rings. The van der Waals surface area contributed by atoms with Gasteiger partial charge in [-0.2, -0.15) is 0 Å². The molecule has 0 spiro atoms. The molecule has 0 saturated carbocycles. The molecule has 112 valence electrons. The summed E-state index contributed by atoms with van der Waals surface area (Å²) >= 11 is 4.38. The quantitative estimate of drug-likeness (QED) is 0.726. The van der Waals surface area contributed by atoms with Gasteiger partial charge < -0.3 is 4.74 Å². The summed E-state index contributed by atoms with van der Waals surface area (Å²) in [4.78, 5) is 25.5. The predicted octanol–water partition coefficient (Wildman–Crippen LogP) is 4.29. The first kappa shape index (κ1) is 16.1. The van der Waals surface area contributed by atoms with Crippen molar-refractivity contribution in [2.45, 2.75) is 20.3 Å². The first-order valence-electron chi connectivity index (χ1n) is 6.74. The molecule has 21 heavy (non-hydrogen) atoms. The molecule has 1 fully saturated rings. The monoisotopic (exact) mass is 369 g/mol. The second kappa shape index (κ2) is 7.13. The highest BCUT2D eigenvalue weighted by atomic mass is 79.9. The minimum atomic E-state index is -0.242. The fraction of sp³-hybridized carbons (Fsp3) is 0.333. The average molecular weight is 370 g/mol. The van der Waals surface area contributed by atoms with Crippen molar-refractivity contribution in [1.29, 1.82) is 0 Å². The summed E-state index contributed by atoms with van der Waals surface area (Å²) < 4.78 is 6.58. The Balaban J connectivity index is 2.34. The fourth-order valence-electron chi connectivity index (χ4n) is 1.89. The molecule has 0 aliphatic carbocycles. The standard InChI is InChI=1S/C15H16BrNO3S/c1-3-7-20-12-6-5-11(16)8-10(12)9-13-14(18)17(4-2)15(19)21-13/h5-6,8-9H,3-4,7H2,1-2H3/b13-9+. The van der Waals surface area contributed by atoms with Gasteiger partial charge in [-0.15, -0.1) is 0 Å². The van der Waals surface area contributed by atoms with E-state index < -0.39 is 0 Å². The number of benzene rings is 1. The Morgan fingerprint density at radius 1 is 1.33 bits per heavy atom. The van der Waals surface area contributed by atoms with Crippen molar-refractivity contribution in [2.24, 2.45) is 0 Å². The van der Waals surface area contributed by atoms with Crippen LogP contribution in [0.1, 0.15) is 25.8 Å². The van der Waals surface area contributed by atoms with Crippen molar-refractivity contribution in [3.05, 3.63) is 33.1 Å². The lowest BCUT2D eigenvalue weighted by Crippen LogP contribution is -2.27.